The van der Waals surface area contributed by atoms with Crippen molar-refractivity contribution in [3.63, 3.8) is 0 Å². The maximum atomic E-state index is 12.3. The number of alkyl halides is 4. The van der Waals surface area contributed by atoms with Crippen molar-refractivity contribution in [3.8, 4) is 5.75 Å². The molecule has 1 heterocycles. The van der Waals surface area contributed by atoms with Crippen LogP contribution >= 0.6 is 15.9 Å². The SMILES string of the molecule is FC(Oc1cncc(Br)c1)C(F)(F)F. The summed E-state index contributed by atoms with van der Waals surface area (Å²) in [6.45, 7) is 0. The quantitative estimate of drug-likeness (QED) is 0.773. The van der Waals surface area contributed by atoms with Crippen LogP contribution < -0.4 is 4.74 Å². The Hall–Kier alpha value is -0.850. The lowest BCUT2D eigenvalue weighted by Gasteiger charge is -2.13. The van der Waals surface area contributed by atoms with Crippen LogP contribution in [-0.2, 0) is 0 Å². The van der Waals surface area contributed by atoms with Gasteiger partial charge in [-0.2, -0.15) is 17.6 Å². The molecule has 0 spiro atoms. The van der Waals surface area contributed by atoms with Crippen LogP contribution in [0.1, 0.15) is 0 Å². The van der Waals surface area contributed by atoms with Gasteiger partial charge in [-0.25, -0.2) is 0 Å². The summed E-state index contributed by atoms with van der Waals surface area (Å²) in [7, 11) is 0. The summed E-state index contributed by atoms with van der Waals surface area (Å²) in [5.74, 6) is -0.288. The van der Waals surface area contributed by atoms with Gasteiger partial charge in [-0.3, -0.25) is 4.98 Å². The highest BCUT2D eigenvalue weighted by Gasteiger charge is 2.42. The van der Waals surface area contributed by atoms with Gasteiger partial charge in [-0.05, 0) is 22.0 Å². The third kappa shape index (κ3) is 3.13. The normalized spacial score (nSPS) is 13.8. The van der Waals surface area contributed by atoms with Gasteiger partial charge in [0.25, 0.3) is 0 Å². The highest BCUT2D eigenvalue weighted by Crippen LogP contribution is 2.26. The molecule has 1 unspecified atom stereocenters. The first-order valence-corrected chi connectivity index (χ1v) is 4.17. The summed E-state index contributed by atoms with van der Waals surface area (Å²) >= 11 is 2.96. The van der Waals surface area contributed by atoms with Crippen molar-refractivity contribution < 1.29 is 22.3 Å². The summed E-state index contributed by atoms with van der Waals surface area (Å²) in [4.78, 5) is 3.51. The zero-order valence-electron chi connectivity index (χ0n) is 6.55. The van der Waals surface area contributed by atoms with E-state index in [1.807, 2.05) is 0 Å². The molecule has 0 N–H and O–H groups in total. The highest BCUT2D eigenvalue weighted by molar-refractivity contribution is 9.10. The van der Waals surface area contributed by atoms with Crippen LogP contribution in [0.15, 0.2) is 22.9 Å². The molecule has 0 radical (unpaired) electrons. The van der Waals surface area contributed by atoms with Crippen molar-refractivity contribution in [1.82, 2.24) is 4.98 Å². The van der Waals surface area contributed by atoms with E-state index in [2.05, 4.69) is 25.7 Å². The molecule has 7 heteroatoms. The van der Waals surface area contributed by atoms with E-state index in [9.17, 15) is 17.6 Å². The van der Waals surface area contributed by atoms with Crippen molar-refractivity contribution in [2.24, 2.45) is 0 Å². The minimum absolute atomic E-state index is 0.288. The Morgan fingerprint density at radius 1 is 1.36 bits per heavy atom. The van der Waals surface area contributed by atoms with Gasteiger partial charge in [0.1, 0.15) is 5.75 Å². The van der Waals surface area contributed by atoms with Gasteiger partial charge in [0, 0.05) is 10.7 Å². The minimum Gasteiger partial charge on any atom is -0.450 e. The Morgan fingerprint density at radius 3 is 2.50 bits per heavy atom. The van der Waals surface area contributed by atoms with Crippen LogP contribution in [0.25, 0.3) is 0 Å². The topological polar surface area (TPSA) is 22.1 Å². The van der Waals surface area contributed by atoms with Crippen LogP contribution in [-0.4, -0.2) is 17.5 Å². The van der Waals surface area contributed by atoms with Crippen LogP contribution in [0.2, 0.25) is 0 Å². The molecule has 78 valence electrons. The predicted molar refractivity (Wildman–Crippen MR) is 43.5 cm³/mol. The molecule has 0 saturated heterocycles. The molecule has 14 heavy (non-hydrogen) atoms. The zero-order chi connectivity index (χ0) is 10.8. The lowest BCUT2D eigenvalue weighted by atomic mass is 10.4. The fraction of sp³-hybridized carbons (Fsp3) is 0.286. The summed E-state index contributed by atoms with van der Waals surface area (Å²) < 4.78 is 51.8. The molecule has 1 atom stereocenters. The first kappa shape index (κ1) is 11.2. The Morgan fingerprint density at radius 2 is 2.00 bits per heavy atom. The van der Waals surface area contributed by atoms with E-state index in [0.717, 1.165) is 6.20 Å². The predicted octanol–water partition coefficient (Wildman–Crippen LogP) is 3.08. The fourth-order valence-electron chi connectivity index (χ4n) is 0.643. The summed E-state index contributed by atoms with van der Waals surface area (Å²) in [6, 6.07) is 1.19. The van der Waals surface area contributed by atoms with Gasteiger partial charge in [-0.1, -0.05) is 0 Å². The van der Waals surface area contributed by atoms with Crippen molar-refractivity contribution in [3.05, 3.63) is 22.9 Å². The van der Waals surface area contributed by atoms with Gasteiger partial charge in [0.15, 0.2) is 0 Å². The van der Waals surface area contributed by atoms with Crippen molar-refractivity contribution in [2.75, 3.05) is 0 Å². The molecule has 0 saturated carbocycles. The largest absolute Gasteiger partial charge is 0.457 e. The van der Waals surface area contributed by atoms with E-state index >= 15 is 0 Å². The molecule has 1 aromatic rings. The number of ether oxygens (including phenoxy) is 1. The number of nitrogens with zero attached hydrogens (tertiary/aromatic N) is 1. The van der Waals surface area contributed by atoms with Crippen molar-refractivity contribution in [1.29, 1.82) is 0 Å². The zero-order valence-corrected chi connectivity index (χ0v) is 8.14. The molecular formula is C7H4BrF4NO. The molecule has 2 nitrogen and oxygen atoms in total. The number of aromatic nitrogens is 1. The molecule has 1 rings (SSSR count). The molecule has 0 amide bonds. The Kier molecular flexibility index (Phi) is 3.30. The summed E-state index contributed by atoms with van der Waals surface area (Å²) in [5.41, 5.74) is 0. The van der Waals surface area contributed by atoms with Crippen molar-refractivity contribution in [2.45, 2.75) is 12.5 Å². The van der Waals surface area contributed by atoms with E-state index in [1.54, 1.807) is 0 Å². The molecule has 1 aromatic heterocycles. The van der Waals surface area contributed by atoms with E-state index in [4.69, 9.17) is 0 Å². The highest BCUT2D eigenvalue weighted by atomic mass is 79.9. The number of halogens is 5. The molecule has 0 aromatic carbocycles. The van der Waals surface area contributed by atoms with Crippen LogP contribution in [0.4, 0.5) is 17.6 Å². The number of rotatable bonds is 2. The first-order valence-electron chi connectivity index (χ1n) is 3.37. The van der Waals surface area contributed by atoms with E-state index in [0.29, 0.717) is 4.47 Å². The average Bonchev–Trinajstić information content (AvgIpc) is 2.02. The Balaban J connectivity index is 2.70. The molecule has 0 aliphatic carbocycles. The summed E-state index contributed by atoms with van der Waals surface area (Å²) in [5, 5.41) is 0. The standard InChI is InChI=1S/C7H4BrF4NO/c8-4-1-5(3-13-2-4)14-6(9)7(10,11)12/h1-3,6H. The van der Waals surface area contributed by atoms with E-state index in [1.165, 1.54) is 12.3 Å². The monoisotopic (exact) mass is 273 g/mol. The van der Waals surface area contributed by atoms with E-state index in [-0.39, 0.29) is 5.75 Å². The molecule has 0 aliphatic heterocycles. The minimum atomic E-state index is -5.03. The first-order chi connectivity index (χ1) is 6.39. The molecule has 0 aliphatic rings. The van der Waals surface area contributed by atoms with Crippen LogP contribution in [0.5, 0.6) is 5.75 Å². The second-order valence-corrected chi connectivity index (χ2v) is 3.23. The maximum absolute atomic E-state index is 12.3. The third-order valence-electron chi connectivity index (χ3n) is 1.18. The van der Waals surface area contributed by atoms with Gasteiger partial charge < -0.3 is 4.74 Å². The lowest BCUT2D eigenvalue weighted by Crippen LogP contribution is -2.29. The van der Waals surface area contributed by atoms with Crippen LogP contribution in [0.3, 0.4) is 0 Å². The third-order valence-corrected chi connectivity index (χ3v) is 1.61. The van der Waals surface area contributed by atoms with Gasteiger partial charge in [0.2, 0.25) is 0 Å². The molecule has 0 fully saturated rings. The number of pyridine rings is 1. The van der Waals surface area contributed by atoms with Gasteiger partial charge >= 0.3 is 12.5 Å². The number of hydrogen-bond acceptors (Lipinski definition) is 2. The average molecular weight is 274 g/mol. The second-order valence-electron chi connectivity index (χ2n) is 2.31. The van der Waals surface area contributed by atoms with Crippen LogP contribution in [0, 0.1) is 0 Å². The fourth-order valence-corrected chi connectivity index (χ4v) is 0.987. The van der Waals surface area contributed by atoms with E-state index < -0.39 is 12.5 Å². The Bertz CT molecular complexity index is 317. The maximum Gasteiger partial charge on any atom is 0.457 e. The van der Waals surface area contributed by atoms with Gasteiger partial charge in [-0.15, -0.1) is 0 Å². The summed E-state index contributed by atoms with van der Waals surface area (Å²) in [6.07, 6.45) is -6.03. The second kappa shape index (κ2) is 4.12. The molecule has 0 bridgehead atoms. The lowest BCUT2D eigenvalue weighted by molar-refractivity contribution is -0.236. The molecular weight excluding hydrogens is 270 g/mol. The number of hydrogen-bond donors (Lipinski definition) is 0. The smallest absolute Gasteiger partial charge is 0.450 e. The Labute approximate surface area is 85.0 Å². The van der Waals surface area contributed by atoms with Crippen molar-refractivity contribution >= 4 is 15.9 Å². The van der Waals surface area contributed by atoms with Gasteiger partial charge in [0.05, 0.1) is 6.20 Å².